The van der Waals surface area contributed by atoms with E-state index in [4.69, 9.17) is 0 Å². The lowest BCUT2D eigenvalue weighted by molar-refractivity contribution is 0.0697. The fraction of sp³-hybridized carbons (Fsp3) is 0.300. The first-order valence-corrected chi connectivity index (χ1v) is 8.53. The van der Waals surface area contributed by atoms with Crippen LogP contribution in [0, 0.1) is 5.92 Å². The van der Waals surface area contributed by atoms with E-state index in [1.807, 2.05) is 6.07 Å². The van der Waals surface area contributed by atoms with E-state index in [0.717, 1.165) is 25.2 Å². The van der Waals surface area contributed by atoms with Crippen molar-refractivity contribution in [3.8, 4) is 0 Å². The van der Waals surface area contributed by atoms with Crippen molar-refractivity contribution < 1.29 is 14.7 Å². The molecule has 130 valence electrons. The van der Waals surface area contributed by atoms with E-state index < -0.39 is 5.97 Å². The Morgan fingerprint density at radius 2 is 1.92 bits per heavy atom. The molecule has 0 spiro atoms. The molecule has 1 heterocycles. The Kier molecular flexibility index (Phi) is 5.03. The number of aromatic carboxylic acids is 1. The molecular weight excluding hydrogens is 316 g/mol. The number of carbonyl (C=O) groups excluding carboxylic acids is 1. The van der Waals surface area contributed by atoms with Gasteiger partial charge in [0.25, 0.3) is 5.91 Å². The lowest BCUT2D eigenvalue weighted by Crippen LogP contribution is -2.35. The second-order valence-corrected chi connectivity index (χ2v) is 6.55. The minimum Gasteiger partial charge on any atom is -0.478 e. The summed E-state index contributed by atoms with van der Waals surface area (Å²) in [6, 6.07) is 14.0. The van der Waals surface area contributed by atoms with Crippen molar-refractivity contribution in [1.82, 2.24) is 0 Å². The van der Waals surface area contributed by atoms with Crippen LogP contribution in [0.3, 0.4) is 0 Å². The molecule has 0 aliphatic carbocycles. The molecule has 0 bridgehead atoms. The molecule has 2 N–H and O–H groups in total. The molecule has 5 heteroatoms. The second-order valence-electron chi connectivity index (χ2n) is 6.55. The summed E-state index contributed by atoms with van der Waals surface area (Å²) in [7, 11) is 0. The number of amides is 1. The minimum absolute atomic E-state index is 0.222. The molecule has 3 rings (SSSR count). The monoisotopic (exact) mass is 338 g/mol. The molecule has 5 nitrogen and oxygen atoms in total. The Bertz CT molecular complexity index is 774. The lowest BCUT2D eigenvalue weighted by Gasteiger charge is -2.33. The van der Waals surface area contributed by atoms with Gasteiger partial charge in [0.05, 0.1) is 11.3 Å². The molecule has 0 aromatic heterocycles. The first-order valence-electron chi connectivity index (χ1n) is 8.53. The van der Waals surface area contributed by atoms with E-state index >= 15 is 0 Å². The number of carbonyl (C=O) groups is 2. The summed E-state index contributed by atoms with van der Waals surface area (Å²) < 4.78 is 0. The van der Waals surface area contributed by atoms with Crippen LogP contribution in [-0.2, 0) is 0 Å². The molecule has 2 aromatic carbocycles. The van der Waals surface area contributed by atoms with Gasteiger partial charge in [0.2, 0.25) is 0 Å². The smallest absolute Gasteiger partial charge is 0.337 e. The summed E-state index contributed by atoms with van der Waals surface area (Å²) in [6.45, 7) is 3.90. The van der Waals surface area contributed by atoms with E-state index in [9.17, 15) is 14.7 Å². The van der Waals surface area contributed by atoms with E-state index in [1.165, 1.54) is 12.5 Å². The van der Waals surface area contributed by atoms with Crippen LogP contribution in [0.15, 0.2) is 48.5 Å². The predicted molar refractivity (Wildman–Crippen MR) is 98.4 cm³/mol. The molecule has 0 radical (unpaired) electrons. The summed E-state index contributed by atoms with van der Waals surface area (Å²) in [5, 5.41) is 12.4. The molecule has 0 unspecified atom stereocenters. The maximum absolute atomic E-state index is 12.3. The highest BCUT2D eigenvalue weighted by molar-refractivity contribution is 6.05. The molecule has 2 aromatic rings. The number of hydrogen-bond donors (Lipinski definition) is 2. The van der Waals surface area contributed by atoms with Gasteiger partial charge in [-0.25, -0.2) is 4.79 Å². The highest BCUT2D eigenvalue weighted by Gasteiger charge is 2.22. The zero-order valence-electron chi connectivity index (χ0n) is 14.2. The van der Waals surface area contributed by atoms with Gasteiger partial charge < -0.3 is 15.3 Å². The van der Waals surface area contributed by atoms with Crippen LogP contribution in [0.5, 0.6) is 0 Å². The summed E-state index contributed by atoms with van der Waals surface area (Å²) in [5.74, 6) is -0.687. The molecule has 1 aliphatic heterocycles. The fourth-order valence-corrected chi connectivity index (χ4v) is 3.26. The molecule has 1 saturated heterocycles. The number of hydrogen-bond acceptors (Lipinski definition) is 3. The third-order valence-corrected chi connectivity index (χ3v) is 4.52. The average Bonchev–Trinajstić information content (AvgIpc) is 2.62. The van der Waals surface area contributed by atoms with Gasteiger partial charge in [-0.05, 0) is 49.1 Å². The van der Waals surface area contributed by atoms with Gasteiger partial charge in [-0.3, -0.25) is 4.79 Å². The quantitative estimate of drug-likeness (QED) is 0.888. The predicted octanol–water partition coefficient (Wildman–Crippen LogP) is 3.87. The van der Waals surface area contributed by atoms with Crippen LogP contribution < -0.4 is 10.2 Å². The number of rotatable bonds is 4. The van der Waals surface area contributed by atoms with Crippen LogP contribution in [-0.4, -0.2) is 30.1 Å². The van der Waals surface area contributed by atoms with Crippen LogP contribution in [0.25, 0.3) is 0 Å². The normalized spacial score (nSPS) is 17.2. The van der Waals surface area contributed by atoms with Gasteiger partial charge in [0.1, 0.15) is 0 Å². The highest BCUT2D eigenvalue weighted by Crippen LogP contribution is 2.29. The Balaban J connectivity index is 1.84. The van der Waals surface area contributed by atoms with Gasteiger partial charge >= 0.3 is 5.97 Å². The average molecular weight is 338 g/mol. The van der Waals surface area contributed by atoms with Crippen LogP contribution in [0.1, 0.15) is 40.5 Å². The summed E-state index contributed by atoms with van der Waals surface area (Å²) in [6.07, 6.45) is 2.23. The SMILES string of the molecule is C[C@@H]1CCCN(c2ccc(NC(=O)c3ccccc3)cc2C(=O)O)C1. The number of piperidine rings is 1. The number of nitrogens with one attached hydrogen (secondary N) is 1. The number of carboxylic acid groups (broad SMARTS) is 1. The first kappa shape index (κ1) is 17.0. The summed E-state index contributed by atoms with van der Waals surface area (Å²) >= 11 is 0. The van der Waals surface area contributed by atoms with E-state index in [0.29, 0.717) is 17.2 Å². The Labute approximate surface area is 147 Å². The Morgan fingerprint density at radius 3 is 2.60 bits per heavy atom. The Morgan fingerprint density at radius 1 is 1.16 bits per heavy atom. The van der Waals surface area contributed by atoms with E-state index in [2.05, 4.69) is 17.1 Å². The zero-order valence-corrected chi connectivity index (χ0v) is 14.2. The number of anilines is 2. The number of nitrogens with zero attached hydrogens (tertiary/aromatic N) is 1. The third-order valence-electron chi connectivity index (χ3n) is 4.52. The number of benzene rings is 2. The van der Waals surface area contributed by atoms with Crippen LogP contribution >= 0.6 is 0 Å². The summed E-state index contributed by atoms with van der Waals surface area (Å²) in [4.78, 5) is 26.1. The van der Waals surface area contributed by atoms with Gasteiger partial charge in [0.15, 0.2) is 0 Å². The van der Waals surface area contributed by atoms with Crippen LogP contribution in [0.2, 0.25) is 0 Å². The standard InChI is InChI=1S/C20H22N2O3/c1-14-6-5-11-22(13-14)18-10-9-16(12-17(18)20(24)25)21-19(23)15-7-3-2-4-8-15/h2-4,7-10,12,14H,5-6,11,13H2,1H3,(H,21,23)(H,24,25)/t14-/m1/s1. The van der Waals surface area contributed by atoms with Crippen molar-refractivity contribution in [2.24, 2.45) is 5.92 Å². The zero-order chi connectivity index (χ0) is 17.8. The molecule has 25 heavy (non-hydrogen) atoms. The molecule has 0 saturated carbocycles. The molecular formula is C20H22N2O3. The maximum Gasteiger partial charge on any atom is 0.337 e. The van der Waals surface area contributed by atoms with Crippen molar-refractivity contribution >= 4 is 23.3 Å². The Hall–Kier alpha value is -2.82. The third kappa shape index (κ3) is 3.99. The van der Waals surface area contributed by atoms with Gasteiger partial charge in [-0.15, -0.1) is 0 Å². The van der Waals surface area contributed by atoms with Crippen molar-refractivity contribution in [2.75, 3.05) is 23.3 Å². The van der Waals surface area contributed by atoms with Crippen molar-refractivity contribution in [1.29, 1.82) is 0 Å². The van der Waals surface area contributed by atoms with Crippen molar-refractivity contribution in [3.63, 3.8) is 0 Å². The molecule has 1 atom stereocenters. The van der Waals surface area contributed by atoms with E-state index in [-0.39, 0.29) is 11.5 Å². The van der Waals surface area contributed by atoms with Gasteiger partial charge in [-0.1, -0.05) is 25.1 Å². The largest absolute Gasteiger partial charge is 0.478 e. The molecule has 1 aliphatic rings. The summed E-state index contributed by atoms with van der Waals surface area (Å²) in [5.41, 5.74) is 1.96. The minimum atomic E-state index is -0.982. The molecule has 1 amide bonds. The van der Waals surface area contributed by atoms with Crippen molar-refractivity contribution in [2.45, 2.75) is 19.8 Å². The molecule has 1 fully saturated rings. The van der Waals surface area contributed by atoms with E-state index in [1.54, 1.807) is 36.4 Å². The fourth-order valence-electron chi connectivity index (χ4n) is 3.26. The topological polar surface area (TPSA) is 69.6 Å². The second kappa shape index (κ2) is 7.38. The van der Waals surface area contributed by atoms with Gasteiger partial charge in [-0.2, -0.15) is 0 Å². The highest BCUT2D eigenvalue weighted by atomic mass is 16.4. The van der Waals surface area contributed by atoms with Crippen LogP contribution in [0.4, 0.5) is 11.4 Å². The maximum atomic E-state index is 12.3. The lowest BCUT2D eigenvalue weighted by atomic mass is 9.98. The number of carboxylic acids is 1. The van der Waals surface area contributed by atoms with Crippen molar-refractivity contribution in [3.05, 3.63) is 59.7 Å². The first-order chi connectivity index (χ1) is 12.0. The van der Waals surface area contributed by atoms with Gasteiger partial charge in [0, 0.05) is 24.3 Å².